The molecule has 0 amide bonds. The Bertz CT molecular complexity index is 1140. The van der Waals surface area contributed by atoms with Crippen LogP contribution < -0.4 is 4.74 Å². The summed E-state index contributed by atoms with van der Waals surface area (Å²) < 4.78 is 13.4. The van der Waals surface area contributed by atoms with Gasteiger partial charge in [0.2, 0.25) is 0 Å². The van der Waals surface area contributed by atoms with Gasteiger partial charge in [-0.15, -0.1) is 0 Å². The van der Waals surface area contributed by atoms with Crippen LogP contribution >= 0.6 is 0 Å². The Balaban J connectivity index is 1.32. The van der Waals surface area contributed by atoms with Gasteiger partial charge < -0.3 is 19.7 Å². The number of piperidine rings is 1. The zero-order chi connectivity index (χ0) is 23.6. The second kappa shape index (κ2) is 6.93. The van der Waals surface area contributed by atoms with Crippen molar-refractivity contribution in [3.05, 3.63) is 47.6 Å². The molecule has 4 bridgehead atoms. The number of rotatable bonds is 5. The molecule has 5 fully saturated rings. The molecular formula is C30H37NO4. The number of hydrogen-bond acceptors (Lipinski definition) is 5. The van der Waals surface area contributed by atoms with Gasteiger partial charge >= 0.3 is 0 Å². The molecule has 0 aromatic heterocycles. The lowest BCUT2D eigenvalue weighted by Gasteiger charge is -2.74. The fraction of sp³-hybridized carbons (Fsp3) is 0.667. The minimum absolute atomic E-state index is 0.0157. The normalized spacial score (nSPS) is 45.3. The van der Waals surface area contributed by atoms with Gasteiger partial charge in [-0.2, -0.15) is 0 Å². The standard InChI is InChI=1S/C30H37NO4/c1-34-30-12-11-28(16-21(30)25(33)19-5-3-2-4-6-19)23-15-20-9-10-22(32)26-24(20)29(28,27(30)35-26)13-14-31(23)17-18-7-8-18/h2-5,9-10,18-19,21,23,25,27,32-33H,6-8,11-17H2,1H3/t19?,21-,23-,25+,27-,28-,29+,30-/m1/s1. The van der Waals surface area contributed by atoms with Crippen molar-refractivity contribution in [2.45, 2.75) is 80.6 Å². The predicted octanol–water partition coefficient (Wildman–Crippen LogP) is 4.11. The number of hydrogen-bond donors (Lipinski definition) is 2. The van der Waals surface area contributed by atoms with Crippen molar-refractivity contribution in [2.75, 3.05) is 20.2 Å². The number of aromatic hydroxyl groups is 1. The number of aliphatic hydroxyl groups excluding tert-OH is 1. The largest absolute Gasteiger partial charge is 0.504 e. The molecule has 5 heteroatoms. The quantitative estimate of drug-likeness (QED) is 0.671. The Labute approximate surface area is 207 Å². The molecule has 2 spiro atoms. The smallest absolute Gasteiger partial charge is 0.165 e. The first-order chi connectivity index (χ1) is 17.0. The van der Waals surface area contributed by atoms with Gasteiger partial charge in [-0.25, -0.2) is 0 Å². The van der Waals surface area contributed by atoms with E-state index in [4.69, 9.17) is 9.47 Å². The molecule has 1 aromatic rings. The minimum atomic E-state index is -0.542. The number of ether oxygens (including phenoxy) is 2. The maximum atomic E-state index is 11.9. The number of aliphatic hydroxyl groups is 1. The molecule has 9 rings (SSSR count). The summed E-state index contributed by atoms with van der Waals surface area (Å²) in [4.78, 5) is 2.82. The van der Waals surface area contributed by atoms with E-state index in [-0.39, 0.29) is 34.5 Å². The van der Waals surface area contributed by atoms with Gasteiger partial charge in [-0.1, -0.05) is 30.4 Å². The molecule has 1 aromatic carbocycles. The average molecular weight is 476 g/mol. The number of methoxy groups -OCH3 is 1. The van der Waals surface area contributed by atoms with Crippen LogP contribution in [-0.4, -0.2) is 59.2 Å². The van der Waals surface area contributed by atoms with E-state index in [0.717, 1.165) is 51.0 Å². The van der Waals surface area contributed by atoms with Crippen molar-refractivity contribution < 1.29 is 19.7 Å². The number of benzene rings is 1. The molecule has 5 nitrogen and oxygen atoms in total. The zero-order valence-electron chi connectivity index (χ0n) is 20.7. The predicted molar refractivity (Wildman–Crippen MR) is 133 cm³/mol. The summed E-state index contributed by atoms with van der Waals surface area (Å²) >= 11 is 0. The van der Waals surface area contributed by atoms with Crippen LogP contribution in [0.5, 0.6) is 11.5 Å². The summed E-state index contributed by atoms with van der Waals surface area (Å²) in [5.74, 6) is 1.97. The van der Waals surface area contributed by atoms with Crippen molar-refractivity contribution in [2.24, 2.45) is 23.2 Å². The van der Waals surface area contributed by atoms with E-state index in [0.29, 0.717) is 11.8 Å². The van der Waals surface area contributed by atoms with Crippen LogP contribution in [0.3, 0.4) is 0 Å². The van der Waals surface area contributed by atoms with Crippen LogP contribution in [-0.2, 0) is 16.6 Å². The molecule has 0 radical (unpaired) electrons. The summed E-state index contributed by atoms with van der Waals surface area (Å²) in [6.45, 7) is 2.31. The molecule has 1 saturated heterocycles. The van der Waals surface area contributed by atoms with Crippen LogP contribution in [0.2, 0.25) is 0 Å². The number of phenols is 1. The van der Waals surface area contributed by atoms with Crippen molar-refractivity contribution >= 4 is 0 Å². The van der Waals surface area contributed by atoms with Gasteiger partial charge in [-0.05, 0) is 75.5 Å². The number of likely N-dealkylation sites (tertiary alicyclic amines) is 1. The van der Waals surface area contributed by atoms with Gasteiger partial charge in [-0.3, -0.25) is 4.90 Å². The van der Waals surface area contributed by atoms with Crippen LogP contribution in [0.15, 0.2) is 36.4 Å². The van der Waals surface area contributed by atoms with E-state index in [2.05, 4.69) is 35.3 Å². The lowest BCUT2D eigenvalue weighted by Crippen LogP contribution is -2.82. The van der Waals surface area contributed by atoms with E-state index < -0.39 is 11.7 Å². The average Bonchev–Trinajstić information content (AvgIpc) is 3.63. The third kappa shape index (κ3) is 2.41. The van der Waals surface area contributed by atoms with Crippen LogP contribution in [0.1, 0.15) is 56.1 Å². The minimum Gasteiger partial charge on any atom is -0.504 e. The van der Waals surface area contributed by atoms with Crippen LogP contribution in [0.4, 0.5) is 0 Å². The summed E-state index contributed by atoms with van der Waals surface area (Å²) in [5, 5.41) is 22.9. The summed E-state index contributed by atoms with van der Waals surface area (Å²) in [7, 11) is 1.83. The van der Waals surface area contributed by atoms with E-state index in [1.54, 1.807) is 0 Å². The summed E-state index contributed by atoms with van der Waals surface area (Å²) in [6.07, 6.45) is 16.6. The molecule has 8 atom stereocenters. The maximum Gasteiger partial charge on any atom is 0.165 e. The molecule has 2 aliphatic heterocycles. The van der Waals surface area contributed by atoms with Gasteiger partial charge in [0.05, 0.1) is 6.10 Å². The molecule has 8 aliphatic rings. The molecule has 6 aliphatic carbocycles. The third-order valence-corrected chi connectivity index (χ3v) is 11.6. The topological polar surface area (TPSA) is 62.2 Å². The number of phenolic OH excluding ortho intramolecular Hbond substituents is 1. The summed E-state index contributed by atoms with van der Waals surface area (Å²) in [6, 6.07) is 4.47. The highest BCUT2D eigenvalue weighted by Crippen LogP contribution is 2.77. The first-order valence-corrected chi connectivity index (χ1v) is 13.9. The highest BCUT2D eigenvalue weighted by molar-refractivity contribution is 5.63. The second-order valence-electron chi connectivity index (χ2n) is 12.7. The van der Waals surface area contributed by atoms with Crippen LogP contribution in [0, 0.1) is 23.2 Å². The Morgan fingerprint density at radius 1 is 1.20 bits per heavy atom. The van der Waals surface area contributed by atoms with E-state index in [1.165, 1.54) is 30.5 Å². The van der Waals surface area contributed by atoms with E-state index in [9.17, 15) is 10.2 Å². The monoisotopic (exact) mass is 475 g/mol. The Kier molecular flexibility index (Phi) is 4.22. The molecule has 4 saturated carbocycles. The van der Waals surface area contributed by atoms with Gasteiger partial charge in [0, 0.05) is 47.9 Å². The third-order valence-electron chi connectivity index (χ3n) is 11.6. The molecular weight excluding hydrogens is 438 g/mol. The SMILES string of the molecule is CO[C@]12CC[C@@]3(C[C@@H]1[C@@H](O)C1C=CC=CC1)[C@H]1Cc4ccc(O)c5c4[C@@]3(CCN1CC1CC1)[C@H]2O5. The fourth-order valence-electron chi connectivity index (χ4n) is 10.0. The first-order valence-electron chi connectivity index (χ1n) is 13.9. The van der Waals surface area contributed by atoms with Crippen molar-refractivity contribution in [3.8, 4) is 11.5 Å². The Morgan fingerprint density at radius 3 is 2.86 bits per heavy atom. The van der Waals surface area contributed by atoms with Crippen LogP contribution in [0.25, 0.3) is 0 Å². The molecule has 186 valence electrons. The van der Waals surface area contributed by atoms with Gasteiger partial charge in [0.15, 0.2) is 11.5 Å². The van der Waals surface area contributed by atoms with E-state index >= 15 is 0 Å². The first kappa shape index (κ1) is 21.3. The molecule has 1 unspecified atom stereocenters. The molecule has 2 N–H and O–H groups in total. The van der Waals surface area contributed by atoms with Gasteiger partial charge in [0.1, 0.15) is 11.7 Å². The van der Waals surface area contributed by atoms with Crippen molar-refractivity contribution in [1.29, 1.82) is 0 Å². The Morgan fingerprint density at radius 2 is 2.09 bits per heavy atom. The highest BCUT2D eigenvalue weighted by Gasteiger charge is 2.81. The molecule has 2 heterocycles. The van der Waals surface area contributed by atoms with E-state index in [1.807, 2.05) is 13.2 Å². The zero-order valence-corrected chi connectivity index (χ0v) is 20.7. The lowest BCUT2D eigenvalue weighted by atomic mass is 9.34. The number of fused-ring (bicyclic) bond motifs is 2. The molecule has 35 heavy (non-hydrogen) atoms. The van der Waals surface area contributed by atoms with Crippen molar-refractivity contribution in [1.82, 2.24) is 4.90 Å². The Hall–Kier alpha value is -1.82. The lowest BCUT2D eigenvalue weighted by molar-refractivity contribution is -0.292. The number of allylic oxidation sites excluding steroid dienone is 3. The van der Waals surface area contributed by atoms with Crippen molar-refractivity contribution in [3.63, 3.8) is 0 Å². The maximum absolute atomic E-state index is 11.9. The second-order valence-corrected chi connectivity index (χ2v) is 12.7. The fourth-order valence-corrected chi connectivity index (χ4v) is 10.0. The number of nitrogens with zero attached hydrogens (tertiary/aromatic N) is 1. The van der Waals surface area contributed by atoms with Gasteiger partial charge in [0.25, 0.3) is 0 Å². The summed E-state index contributed by atoms with van der Waals surface area (Å²) in [5.41, 5.74) is 2.04. The highest BCUT2D eigenvalue weighted by atomic mass is 16.6.